The largest absolute Gasteiger partial charge is 0.370 e. The average Bonchev–Trinajstić information content (AvgIpc) is 2.83. The fraction of sp³-hybridized carbons (Fsp3) is 0.778. The van der Waals surface area contributed by atoms with Crippen molar-refractivity contribution in [1.29, 1.82) is 0 Å². The van der Waals surface area contributed by atoms with E-state index < -0.39 is 54.1 Å². The molecule has 0 aromatic heterocycles. The molecule has 0 rings (SSSR count). The van der Waals surface area contributed by atoms with Crippen molar-refractivity contribution in [1.82, 2.24) is 16.0 Å². The molecule has 0 unspecified atom stereocenters. The van der Waals surface area contributed by atoms with Crippen LogP contribution in [0, 0.1) is 5.92 Å². The van der Waals surface area contributed by atoms with Gasteiger partial charge in [-0.05, 0) is 25.2 Å². The van der Waals surface area contributed by atoms with Crippen LogP contribution in [0.25, 0.3) is 0 Å². The van der Waals surface area contributed by atoms with E-state index in [0.717, 1.165) is 19.3 Å². The molecule has 11 heteroatoms. The molecule has 0 aliphatic rings. The first-order valence-electron chi connectivity index (χ1n) is 13.9. The lowest BCUT2D eigenvalue weighted by atomic mass is 10.0. The number of rotatable bonds is 23. The zero-order valence-corrected chi connectivity index (χ0v) is 23.4. The Bertz CT molecular complexity index is 758. The number of carbonyl (C=O) groups excluding carboxylic acids is 6. The number of unbranched alkanes of at least 4 members (excludes halogenated alkanes) is 8. The van der Waals surface area contributed by atoms with Crippen molar-refractivity contribution in [3.8, 4) is 0 Å². The van der Waals surface area contributed by atoms with E-state index >= 15 is 0 Å². The smallest absolute Gasteiger partial charge is 0.243 e. The standard InChI is InChI=1S/C27H49N5O6/c1-4-5-6-7-8-9-10-11-12-13-25(36)31-22(17-24(29)35)27(38)32-21(14-15-23(28)34)26(37)30-20(18-33)16-19(2)3/h18-22H,4-17H2,1-3H3,(H2,28,34)(H2,29,35)(H,30,37)(H,31,36)(H,32,38)/t20-,21-,22-/m0/s1. The van der Waals surface area contributed by atoms with E-state index in [1.807, 2.05) is 13.8 Å². The lowest BCUT2D eigenvalue weighted by Gasteiger charge is -2.24. The maximum atomic E-state index is 12.9. The maximum Gasteiger partial charge on any atom is 0.243 e. The zero-order valence-electron chi connectivity index (χ0n) is 23.4. The van der Waals surface area contributed by atoms with Crippen molar-refractivity contribution in [2.24, 2.45) is 17.4 Å². The minimum atomic E-state index is -1.28. The zero-order chi connectivity index (χ0) is 28.9. The second-order valence-corrected chi connectivity index (χ2v) is 10.3. The lowest BCUT2D eigenvalue weighted by molar-refractivity contribution is -0.134. The normalized spacial score (nSPS) is 13.3. The van der Waals surface area contributed by atoms with Gasteiger partial charge in [-0.1, -0.05) is 72.1 Å². The first kappa shape index (κ1) is 35.0. The molecule has 0 aliphatic carbocycles. The lowest BCUT2D eigenvalue weighted by Crippen LogP contribution is -2.56. The summed E-state index contributed by atoms with van der Waals surface area (Å²) in [5.41, 5.74) is 10.5. The van der Waals surface area contributed by atoms with E-state index in [4.69, 9.17) is 11.5 Å². The number of nitrogens with one attached hydrogen (secondary N) is 3. The topological polar surface area (TPSA) is 191 Å². The van der Waals surface area contributed by atoms with Gasteiger partial charge < -0.3 is 32.2 Å². The molecule has 38 heavy (non-hydrogen) atoms. The minimum Gasteiger partial charge on any atom is -0.370 e. The molecule has 0 fully saturated rings. The van der Waals surface area contributed by atoms with E-state index in [1.165, 1.54) is 32.1 Å². The summed E-state index contributed by atoms with van der Waals surface area (Å²) in [4.78, 5) is 72.4. The fourth-order valence-corrected chi connectivity index (χ4v) is 4.04. The van der Waals surface area contributed by atoms with E-state index in [9.17, 15) is 28.8 Å². The second kappa shape index (κ2) is 21.0. The quantitative estimate of drug-likeness (QED) is 0.0970. The highest BCUT2D eigenvalue weighted by Gasteiger charge is 2.29. The third kappa shape index (κ3) is 18.3. The monoisotopic (exact) mass is 539 g/mol. The van der Waals surface area contributed by atoms with Crippen LogP contribution in [0.5, 0.6) is 0 Å². The van der Waals surface area contributed by atoms with E-state index in [2.05, 4.69) is 22.9 Å². The molecular weight excluding hydrogens is 490 g/mol. The number of hydrogen-bond donors (Lipinski definition) is 5. The number of hydrogen-bond acceptors (Lipinski definition) is 6. The molecule has 0 aromatic carbocycles. The van der Waals surface area contributed by atoms with Gasteiger partial charge in [0.15, 0.2) is 0 Å². The van der Waals surface area contributed by atoms with Crippen molar-refractivity contribution in [3.05, 3.63) is 0 Å². The Kier molecular flexibility index (Phi) is 19.4. The number of primary amides is 2. The molecule has 0 saturated carbocycles. The summed E-state index contributed by atoms with van der Waals surface area (Å²) in [6.45, 7) is 5.96. The minimum absolute atomic E-state index is 0.115. The summed E-state index contributed by atoms with van der Waals surface area (Å²) in [5.74, 6) is -3.20. The Morgan fingerprint density at radius 3 is 1.76 bits per heavy atom. The molecule has 0 spiro atoms. The molecule has 0 saturated heterocycles. The molecule has 0 heterocycles. The predicted molar refractivity (Wildman–Crippen MR) is 145 cm³/mol. The molecule has 0 radical (unpaired) electrons. The molecule has 218 valence electrons. The van der Waals surface area contributed by atoms with Crippen molar-refractivity contribution >= 4 is 35.8 Å². The maximum absolute atomic E-state index is 12.9. The predicted octanol–water partition coefficient (Wildman–Crippen LogP) is 1.75. The van der Waals surface area contributed by atoms with Crippen LogP contribution in [0.1, 0.15) is 111 Å². The third-order valence-corrected chi connectivity index (χ3v) is 6.09. The highest BCUT2D eigenvalue weighted by Crippen LogP contribution is 2.11. The van der Waals surface area contributed by atoms with E-state index in [1.54, 1.807) is 0 Å². The summed E-state index contributed by atoms with van der Waals surface area (Å²) in [7, 11) is 0. The first-order chi connectivity index (χ1) is 18.0. The van der Waals surface area contributed by atoms with Crippen LogP contribution in [0.4, 0.5) is 0 Å². The van der Waals surface area contributed by atoms with Gasteiger partial charge in [0.2, 0.25) is 29.5 Å². The van der Waals surface area contributed by atoms with Gasteiger partial charge in [0.1, 0.15) is 18.4 Å². The SMILES string of the molecule is CCCCCCCCCCCC(=O)N[C@@H](CC(N)=O)C(=O)N[C@@H](CCC(N)=O)C(=O)N[C@H](C=O)CC(C)C. The van der Waals surface area contributed by atoms with Crippen LogP contribution in [0.15, 0.2) is 0 Å². The van der Waals surface area contributed by atoms with Gasteiger partial charge in [0.25, 0.3) is 0 Å². The van der Waals surface area contributed by atoms with Gasteiger partial charge in [-0.25, -0.2) is 0 Å². The Morgan fingerprint density at radius 1 is 0.711 bits per heavy atom. The summed E-state index contributed by atoms with van der Waals surface area (Å²) >= 11 is 0. The highest BCUT2D eigenvalue weighted by molar-refractivity contribution is 5.95. The Labute approximate surface area is 227 Å². The van der Waals surface area contributed by atoms with Gasteiger partial charge in [-0.2, -0.15) is 0 Å². The number of amides is 5. The van der Waals surface area contributed by atoms with Crippen molar-refractivity contribution in [2.75, 3.05) is 0 Å². The molecule has 3 atom stereocenters. The van der Waals surface area contributed by atoms with E-state index in [-0.39, 0.29) is 25.2 Å². The Hall–Kier alpha value is -2.98. The van der Waals surface area contributed by atoms with Crippen LogP contribution in [-0.4, -0.2) is 53.9 Å². The molecular formula is C27H49N5O6. The van der Waals surface area contributed by atoms with Crippen LogP contribution in [0.2, 0.25) is 0 Å². The van der Waals surface area contributed by atoms with Crippen molar-refractivity contribution in [3.63, 3.8) is 0 Å². The number of carbonyl (C=O) groups is 6. The highest BCUT2D eigenvalue weighted by atomic mass is 16.2. The molecule has 5 amide bonds. The summed E-state index contributed by atoms with van der Waals surface area (Å²) in [6, 6.07) is -3.25. The van der Waals surface area contributed by atoms with Crippen molar-refractivity contribution in [2.45, 2.75) is 129 Å². The Morgan fingerprint density at radius 2 is 1.26 bits per heavy atom. The van der Waals surface area contributed by atoms with E-state index in [0.29, 0.717) is 19.1 Å². The summed E-state index contributed by atoms with van der Waals surface area (Å²) in [6.07, 6.45) is 10.2. The molecule has 0 aliphatic heterocycles. The van der Waals surface area contributed by atoms with Crippen LogP contribution < -0.4 is 27.4 Å². The van der Waals surface area contributed by atoms with Gasteiger partial charge in [-0.3, -0.25) is 24.0 Å². The number of nitrogens with two attached hydrogens (primary N) is 2. The molecule has 0 bridgehead atoms. The fourth-order valence-electron chi connectivity index (χ4n) is 4.04. The van der Waals surface area contributed by atoms with Crippen molar-refractivity contribution < 1.29 is 28.8 Å². The third-order valence-electron chi connectivity index (χ3n) is 6.09. The van der Waals surface area contributed by atoms with Gasteiger partial charge in [0, 0.05) is 12.8 Å². The first-order valence-corrected chi connectivity index (χ1v) is 13.9. The second-order valence-electron chi connectivity index (χ2n) is 10.3. The van der Waals surface area contributed by atoms with Crippen LogP contribution in [-0.2, 0) is 28.8 Å². The Balaban J connectivity index is 4.98. The summed E-state index contributed by atoms with van der Waals surface area (Å²) < 4.78 is 0. The van der Waals surface area contributed by atoms with Crippen LogP contribution >= 0.6 is 0 Å². The average molecular weight is 540 g/mol. The summed E-state index contributed by atoms with van der Waals surface area (Å²) in [5, 5.41) is 7.56. The van der Waals surface area contributed by atoms with Gasteiger partial charge in [-0.15, -0.1) is 0 Å². The van der Waals surface area contributed by atoms with Crippen LogP contribution in [0.3, 0.4) is 0 Å². The number of aldehydes is 1. The molecule has 7 N–H and O–H groups in total. The molecule has 11 nitrogen and oxygen atoms in total. The molecule has 0 aromatic rings. The van der Waals surface area contributed by atoms with Gasteiger partial charge in [0.05, 0.1) is 12.5 Å². The van der Waals surface area contributed by atoms with Gasteiger partial charge >= 0.3 is 0 Å².